The van der Waals surface area contributed by atoms with Crippen LogP contribution in [0.1, 0.15) is 17.1 Å². The highest BCUT2D eigenvalue weighted by Crippen LogP contribution is 2.42. The number of halogens is 1. The molecule has 2 unspecified atom stereocenters. The van der Waals surface area contributed by atoms with Crippen molar-refractivity contribution in [2.75, 3.05) is 0 Å². The molecule has 0 aliphatic rings. The Bertz CT molecular complexity index is 752. The molecule has 0 spiro atoms. The summed E-state index contributed by atoms with van der Waals surface area (Å²) in [6.45, 7) is 2.04. The van der Waals surface area contributed by atoms with Gasteiger partial charge in [0.25, 0.3) is 0 Å². The summed E-state index contributed by atoms with van der Waals surface area (Å²) < 4.78 is 1.12. The molecule has 0 fully saturated rings. The molecule has 0 aliphatic heterocycles. The Balaban J connectivity index is 1.99. The molecular weight excluding hydrogens is 366 g/mol. The molecule has 0 aliphatic carbocycles. The van der Waals surface area contributed by atoms with Crippen LogP contribution in [0.25, 0.3) is 10.9 Å². The maximum Gasteiger partial charge on any atom is 0.117 e. The van der Waals surface area contributed by atoms with E-state index in [-0.39, 0.29) is 11.3 Å². The molecule has 2 aromatic heterocycles. The van der Waals surface area contributed by atoms with E-state index in [0.717, 1.165) is 19.7 Å². The largest absolute Gasteiger partial charge is 0.327 e. The number of thioether (sulfide) groups is 1. The number of fused-ring (bicyclic) bond motifs is 1. The van der Waals surface area contributed by atoms with Gasteiger partial charge in [-0.15, -0.1) is 11.3 Å². The van der Waals surface area contributed by atoms with E-state index < -0.39 is 0 Å². The van der Waals surface area contributed by atoms with Crippen molar-refractivity contribution >= 4 is 49.9 Å². The minimum Gasteiger partial charge on any atom is -0.327 e. The van der Waals surface area contributed by atoms with Crippen LogP contribution in [-0.2, 0) is 0 Å². The SMILES string of the molecule is CC(N)C(Sc1ncnc2ccccc12)c1ccc(Br)s1. The number of para-hydroxylation sites is 1. The van der Waals surface area contributed by atoms with Crippen molar-refractivity contribution in [3.8, 4) is 0 Å². The van der Waals surface area contributed by atoms with Crippen LogP contribution in [0.5, 0.6) is 0 Å². The first kappa shape index (κ1) is 15.0. The van der Waals surface area contributed by atoms with Crippen molar-refractivity contribution in [1.29, 1.82) is 0 Å². The average molecular weight is 380 g/mol. The summed E-state index contributed by atoms with van der Waals surface area (Å²) in [5.41, 5.74) is 7.16. The smallest absolute Gasteiger partial charge is 0.117 e. The maximum absolute atomic E-state index is 6.20. The van der Waals surface area contributed by atoms with E-state index in [4.69, 9.17) is 5.73 Å². The van der Waals surface area contributed by atoms with Gasteiger partial charge < -0.3 is 5.73 Å². The van der Waals surface area contributed by atoms with Gasteiger partial charge in [-0.05, 0) is 41.1 Å². The number of rotatable bonds is 4. The molecule has 3 rings (SSSR count). The monoisotopic (exact) mass is 379 g/mol. The predicted octanol–water partition coefficient (Wildman–Crippen LogP) is 4.63. The number of hydrogen-bond donors (Lipinski definition) is 1. The molecule has 3 nitrogen and oxygen atoms in total. The second kappa shape index (κ2) is 6.44. The molecule has 21 heavy (non-hydrogen) atoms. The van der Waals surface area contributed by atoms with E-state index in [2.05, 4.69) is 44.1 Å². The van der Waals surface area contributed by atoms with Gasteiger partial charge in [-0.2, -0.15) is 0 Å². The van der Waals surface area contributed by atoms with Gasteiger partial charge in [0.15, 0.2) is 0 Å². The van der Waals surface area contributed by atoms with Crippen molar-refractivity contribution in [2.24, 2.45) is 5.73 Å². The summed E-state index contributed by atoms with van der Waals surface area (Å²) in [6, 6.07) is 12.3. The lowest BCUT2D eigenvalue weighted by atomic mass is 10.2. The van der Waals surface area contributed by atoms with Crippen LogP contribution in [0.15, 0.2) is 51.5 Å². The molecule has 6 heteroatoms. The zero-order chi connectivity index (χ0) is 14.8. The van der Waals surface area contributed by atoms with Crippen LogP contribution in [0, 0.1) is 0 Å². The number of nitrogens with zero attached hydrogens (tertiary/aromatic N) is 2. The first-order valence-electron chi connectivity index (χ1n) is 6.52. The lowest BCUT2D eigenvalue weighted by Crippen LogP contribution is -2.22. The Labute approximate surface area is 140 Å². The van der Waals surface area contributed by atoms with E-state index in [9.17, 15) is 0 Å². The van der Waals surface area contributed by atoms with Crippen LogP contribution in [-0.4, -0.2) is 16.0 Å². The van der Waals surface area contributed by atoms with Gasteiger partial charge in [0, 0.05) is 16.3 Å². The lowest BCUT2D eigenvalue weighted by Gasteiger charge is -2.19. The van der Waals surface area contributed by atoms with Gasteiger partial charge in [0.2, 0.25) is 0 Å². The summed E-state index contributed by atoms with van der Waals surface area (Å²) in [4.78, 5) is 10.0. The minimum atomic E-state index is 0.0364. The molecule has 0 amide bonds. The van der Waals surface area contributed by atoms with Crippen molar-refractivity contribution < 1.29 is 0 Å². The third-order valence-corrected chi connectivity index (χ3v) is 6.44. The van der Waals surface area contributed by atoms with Gasteiger partial charge in [0.05, 0.1) is 14.6 Å². The van der Waals surface area contributed by atoms with E-state index >= 15 is 0 Å². The number of aromatic nitrogens is 2. The Morgan fingerprint density at radius 3 is 2.71 bits per heavy atom. The van der Waals surface area contributed by atoms with Crippen LogP contribution < -0.4 is 5.73 Å². The van der Waals surface area contributed by atoms with Crippen LogP contribution in [0.3, 0.4) is 0 Å². The standard InChI is InChI=1S/C15H14BrN3S2/c1-9(17)14(12-6-7-13(16)20-12)21-15-10-4-2-3-5-11(10)18-8-19-15/h2-9,14H,17H2,1H3. The average Bonchev–Trinajstić information content (AvgIpc) is 2.90. The van der Waals surface area contributed by atoms with Crippen LogP contribution >= 0.6 is 39.0 Å². The molecule has 2 N–H and O–H groups in total. The molecule has 3 aromatic rings. The molecule has 0 radical (unpaired) electrons. The molecule has 2 heterocycles. The number of thiophene rings is 1. The second-order valence-electron chi connectivity index (χ2n) is 4.74. The second-order valence-corrected chi connectivity index (χ2v) is 8.36. The highest BCUT2D eigenvalue weighted by Gasteiger charge is 2.21. The van der Waals surface area contributed by atoms with E-state index in [1.165, 1.54) is 4.88 Å². The quantitative estimate of drug-likeness (QED) is 0.530. The molecule has 0 saturated carbocycles. The Hall–Kier alpha value is -0.950. The maximum atomic E-state index is 6.20. The lowest BCUT2D eigenvalue weighted by molar-refractivity contribution is 0.729. The zero-order valence-corrected chi connectivity index (χ0v) is 14.6. The van der Waals surface area contributed by atoms with Gasteiger partial charge >= 0.3 is 0 Å². The van der Waals surface area contributed by atoms with Gasteiger partial charge in [-0.3, -0.25) is 0 Å². The van der Waals surface area contributed by atoms with E-state index in [1.807, 2.05) is 25.1 Å². The van der Waals surface area contributed by atoms with E-state index in [1.54, 1.807) is 29.4 Å². The topological polar surface area (TPSA) is 51.8 Å². The summed E-state index contributed by atoms with van der Waals surface area (Å²) in [5.74, 6) is 0. The summed E-state index contributed by atoms with van der Waals surface area (Å²) in [6.07, 6.45) is 1.62. The Morgan fingerprint density at radius 2 is 2.00 bits per heavy atom. The number of hydrogen-bond acceptors (Lipinski definition) is 5. The third-order valence-electron chi connectivity index (χ3n) is 3.10. The molecule has 2 atom stereocenters. The zero-order valence-electron chi connectivity index (χ0n) is 11.4. The predicted molar refractivity (Wildman–Crippen MR) is 93.8 cm³/mol. The third kappa shape index (κ3) is 3.29. The van der Waals surface area contributed by atoms with Crippen molar-refractivity contribution in [1.82, 2.24) is 9.97 Å². The molecule has 0 saturated heterocycles. The van der Waals surface area contributed by atoms with Crippen molar-refractivity contribution in [3.05, 3.63) is 51.4 Å². The van der Waals surface area contributed by atoms with E-state index in [0.29, 0.717) is 0 Å². The highest BCUT2D eigenvalue weighted by atomic mass is 79.9. The summed E-state index contributed by atoms with van der Waals surface area (Å²) >= 11 is 6.95. The molecule has 108 valence electrons. The fourth-order valence-electron chi connectivity index (χ4n) is 2.10. The number of nitrogens with two attached hydrogens (primary N) is 1. The Kier molecular flexibility index (Phi) is 4.59. The normalized spacial score (nSPS) is 14.2. The summed E-state index contributed by atoms with van der Waals surface area (Å²) in [7, 11) is 0. The first-order chi connectivity index (χ1) is 10.1. The summed E-state index contributed by atoms with van der Waals surface area (Å²) in [5, 5.41) is 2.23. The van der Waals surface area contributed by atoms with Crippen molar-refractivity contribution in [2.45, 2.75) is 23.2 Å². The van der Waals surface area contributed by atoms with Crippen LogP contribution in [0.2, 0.25) is 0 Å². The fourth-order valence-corrected chi connectivity index (χ4v) is 4.97. The van der Waals surface area contributed by atoms with Crippen molar-refractivity contribution in [3.63, 3.8) is 0 Å². The highest BCUT2D eigenvalue weighted by molar-refractivity contribution is 9.11. The van der Waals surface area contributed by atoms with Gasteiger partial charge in [0.1, 0.15) is 11.4 Å². The molecule has 1 aromatic carbocycles. The Morgan fingerprint density at radius 1 is 1.19 bits per heavy atom. The first-order valence-corrected chi connectivity index (χ1v) is 9.01. The van der Waals surface area contributed by atoms with Crippen LogP contribution in [0.4, 0.5) is 0 Å². The number of benzene rings is 1. The van der Waals surface area contributed by atoms with Gasteiger partial charge in [-0.1, -0.05) is 30.0 Å². The molecule has 0 bridgehead atoms. The van der Waals surface area contributed by atoms with Gasteiger partial charge in [-0.25, -0.2) is 9.97 Å². The fraction of sp³-hybridized carbons (Fsp3) is 0.200. The minimum absolute atomic E-state index is 0.0364. The molecular formula is C15H14BrN3S2.